The minimum atomic E-state index is -1.19. The fourth-order valence-corrected chi connectivity index (χ4v) is 4.61. The Morgan fingerprint density at radius 1 is 1.07 bits per heavy atom. The number of alkyl halides is 2. The molecular formula is C29H40Cl4FN5O5. The van der Waals surface area contributed by atoms with E-state index in [0.29, 0.717) is 43.3 Å². The summed E-state index contributed by atoms with van der Waals surface area (Å²) >= 11 is 11.9. The molecule has 0 saturated heterocycles. The average Bonchev–Trinajstić information content (AvgIpc) is 3.26. The van der Waals surface area contributed by atoms with E-state index in [1.807, 2.05) is 36.7 Å². The lowest BCUT2D eigenvalue weighted by atomic mass is 10.0. The topological polar surface area (TPSA) is 151 Å². The van der Waals surface area contributed by atoms with Crippen molar-refractivity contribution < 1.29 is 29.0 Å². The molecule has 0 saturated carbocycles. The van der Waals surface area contributed by atoms with Crippen LogP contribution in [0.2, 0.25) is 0 Å². The highest BCUT2D eigenvalue weighted by atomic mass is 35.5. The monoisotopic (exact) mass is 697 g/mol. The largest absolute Gasteiger partial charge is 0.481 e. The summed E-state index contributed by atoms with van der Waals surface area (Å²) in [5, 5.41) is 19.9. The second-order valence-electron chi connectivity index (χ2n) is 9.64. The van der Waals surface area contributed by atoms with Gasteiger partial charge in [0.25, 0.3) is 0 Å². The van der Waals surface area contributed by atoms with Gasteiger partial charge in [0.1, 0.15) is 17.7 Å². The number of anilines is 1. The first-order valence-electron chi connectivity index (χ1n) is 13.6. The third-order valence-corrected chi connectivity index (χ3v) is 6.82. The maximum atomic E-state index is 13.1. The van der Waals surface area contributed by atoms with E-state index in [-0.39, 0.29) is 37.7 Å². The van der Waals surface area contributed by atoms with E-state index in [9.17, 15) is 23.9 Å². The first kappa shape index (κ1) is 41.2. The Kier molecular flexibility index (Phi) is 19.7. The molecule has 0 aliphatic rings. The van der Waals surface area contributed by atoms with Gasteiger partial charge in [-0.3, -0.25) is 9.59 Å². The summed E-state index contributed by atoms with van der Waals surface area (Å²) in [4.78, 5) is 40.7. The van der Waals surface area contributed by atoms with Crippen molar-refractivity contribution in [1.29, 1.82) is 0 Å². The number of nitrogens with two attached hydrogens (primary N) is 1. The standard InChI is InChI=1S/C25H30Cl2FN5O3.C4H8O2.2ClH/c1-32-22-8-6-18(33(12-10-26)13-11-27)15-20(22)30-23(32)9-7-19(29)24(34)31-21(25(35)36)14-16-2-4-17(28)5-3-16;1-2-3-4(5)6;;/h2-6,8,15,19,21H,7,9-14,29H2,1H3,(H,31,34)(H,35,36);2-3H2,1H3,(H,5,6);2*1H/t19-,21-;;;/m0.../s1. The van der Waals surface area contributed by atoms with Crippen molar-refractivity contribution in [2.24, 2.45) is 12.8 Å². The molecule has 0 aliphatic carbocycles. The predicted molar refractivity (Wildman–Crippen MR) is 177 cm³/mol. The summed E-state index contributed by atoms with van der Waals surface area (Å²) in [7, 11) is 1.90. The van der Waals surface area contributed by atoms with Gasteiger partial charge in [-0.15, -0.1) is 48.0 Å². The molecule has 15 heteroatoms. The van der Waals surface area contributed by atoms with Crippen LogP contribution in [0.1, 0.15) is 37.6 Å². The van der Waals surface area contributed by atoms with E-state index in [4.69, 9.17) is 39.0 Å². The Morgan fingerprint density at radius 3 is 2.18 bits per heavy atom. The number of benzene rings is 2. The van der Waals surface area contributed by atoms with Crippen molar-refractivity contribution in [3.8, 4) is 0 Å². The van der Waals surface area contributed by atoms with Crippen LogP contribution in [-0.4, -0.2) is 74.5 Å². The van der Waals surface area contributed by atoms with Gasteiger partial charge in [0.05, 0.1) is 17.1 Å². The molecule has 44 heavy (non-hydrogen) atoms. The van der Waals surface area contributed by atoms with Crippen LogP contribution < -0.4 is 16.0 Å². The lowest BCUT2D eigenvalue weighted by molar-refractivity contribution is -0.142. The molecule has 0 aliphatic heterocycles. The second kappa shape index (κ2) is 21.0. The average molecular weight is 699 g/mol. The lowest BCUT2D eigenvalue weighted by Gasteiger charge is -2.22. The summed E-state index contributed by atoms with van der Waals surface area (Å²) in [5.41, 5.74) is 9.39. The number of aryl methyl sites for hydroxylation is 2. The highest BCUT2D eigenvalue weighted by Crippen LogP contribution is 2.23. The van der Waals surface area contributed by atoms with Crippen LogP contribution in [0.3, 0.4) is 0 Å². The summed E-state index contributed by atoms with van der Waals surface area (Å²) < 4.78 is 15.1. The Morgan fingerprint density at radius 2 is 1.68 bits per heavy atom. The number of aliphatic carboxylic acids is 2. The minimum absolute atomic E-state index is 0. The number of rotatable bonds is 15. The molecule has 0 radical (unpaired) electrons. The lowest BCUT2D eigenvalue weighted by Crippen LogP contribution is -2.49. The van der Waals surface area contributed by atoms with Crippen LogP contribution in [0, 0.1) is 5.82 Å². The number of fused-ring (bicyclic) bond motifs is 1. The van der Waals surface area contributed by atoms with E-state index in [1.54, 1.807) is 0 Å². The molecule has 3 rings (SSSR count). The van der Waals surface area contributed by atoms with Crippen molar-refractivity contribution >= 4 is 82.6 Å². The van der Waals surface area contributed by atoms with Crippen molar-refractivity contribution in [2.45, 2.75) is 51.1 Å². The zero-order chi connectivity index (χ0) is 31.2. The molecule has 0 spiro atoms. The zero-order valence-corrected chi connectivity index (χ0v) is 27.7. The smallest absolute Gasteiger partial charge is 0.326 e. The third kappa shape index (κ3) is 13.0. The van der Waals surface area contributed by atoms with Gasteiger partial charge in [-0.1, -0.05) is 19.1 Å². The predicted octanol–water partition coefficient (Wildman–Crippen LogP) is 4.78. The number of hydrogen-bond acceptors (Lipinski definition) is 6. The van der Waals surface area contributed by atoms with Crippen LogP contribution in [0.4, 0.5) is 10.1 Å². The SMILES string of the molecule is CCCC(=O)O.Cl.Cl.Cn1c(CC[C@H](N)C(=O)N[C@@H](Cc2ccc(F)cc2)C(=O)O)nc2cc(N(CCCl)CCCl)ccc21. The summed E-state index contributed by atoms with van der Waals surface area (Å²) in [6, 6.07) is 9.33. The minimum Gasteiger partial charge on any atom is -0.481 e. The molecule has 10 nitrogen and oxygen atoms in total. The zero-order valence-electron chi connectivity index (χ0n) is 24.5. The fourth-order valence-electron chi connectivity index (χ4n) is 4.20. The van der Waals surface area contributed by atoms with Gasteiger partial charge in [-0.25, -0.2) is 14.2 Å². The van der Waals surface area contributed by atoms with Crippen molar-refractivity contribution in [2.75, 3.05) is 29.7 Å². The number of nitrogens with one attached hydrogen (secondary N) is 1. The summed E-state index contributed by atoms with van der Waals surface area (Å²) in [5.74, 6) is -1.17. The van der Waals surface area contributed by atoms with Crippen LogP contribution in [0.15, 0.2) is 42.5 Å². The molecule has 1 amide bonds. The van der Waals surface area contributed by atoms with Gasteiger partial charge < -0.3 is 30.7 Å². The quantitative estimate of drug-likeness (QED) is 0.166. The number of hydrogen-bond donors (Lipinski definition) is 4. The van der Waals surface area contributed by atoms with Crippen LogP contribution in [0.25, 0.3) is 11.0 Å². The van der Waals surface area contributed by atoms with Gasteiger partial charge >= 0.3 is 11.9 Å². The van der Waals surface area contributed by atoms with Gasteiger partial charge in [0.2, 0.25) is 5.91 Å². The first-order valence-corrected chi connectivity index (χ1v) is 14.6. The van der Waals surface area contributed by atoms with E-state index < -0.39 is 35.7 Å². The maximum absolute atomic E-state index is 13.1. The van der Waals surface area contributed by atoms with Crippen LogP contribution in [0.5, 0.6) is 0 Å². The molecule has 0 fully saturated rings. The molecule has 246 valence electrons. The number of carbonyl (C=O) groups is 3. The molecule has 0 bridgehead atoms. The maximum Gasteiger partial charge on any atom is 0.326 e. The molecule has 0 unspecified atom stereocenters. The Labute approximate surface area is 278 Å². The summed E-state index contributed by atoms with van der Waals surface area (Å²) in [6.07, 6.45) is 1.75. The number of imidazole rings is 1. The molecule has 3 aromatic rings. The Balaban J connectivity index is 0.00000210. The molecule has 5 N–H and O–H groups in total. The van der Waals surface area contributed by atoms with E-state index in [2.05, 4.69) is 10.2 Å². The number of carboxylic acid groups (broad SMARTS) is 2. The number of halogens is 5. The van der Waals surface area contributed by atoms with Crippen LogP contribution >= 0.6 is 48.0 Å². The second-order valence-corrected chi connectivity index (χ2v) is 10.4. The molecule has 2 aromatic carbocycles. The molecule has 2 atom stereocenters. The van der Waals surface area contributed by atoms with E-state index >= 15 is 0 Å². The van der Waals surface area contributed by atoms with Crippen molar-refractivity contribution in [3.63, 3.8) is 0 Å². The molecule has 1 heterocycles. The molecular weight excluding hydrogens is 659 g/mol. The number of aromatic nitrogens is 2. The van der Waals surface area contributed by atoms with Gasteiger partial charge in [-0.2, -0.15) is 0 Å². The number of amides is 1. The Bertz CT molecular complexity index is 1320. The number of carbonyl (C=O) groups excluding carboxylic acids is 1. The van der Waals surface area contributed by atoms with Crippen LogP contribution in [-0.2, 0) is 34.3 Å². The third-order valence-electron chi connectivity index (χ3n) is 6.48. The summed E-state index contributed by atoms with van der Waals surface area (Å²) in [6.45, 7) is 3.18. The first-order chi connectivity index (χ1) is 20.0. The van der Waals surface area contributed by atoms with Gasteiger partial charge in [0.15, 0.2) is 0 Å². The van der Waals surface area contributed by atoms with E-state index in [0.717, 1.165) is 29.0 Å². The van der Waals surface area contributed by atoms with E-state index in [1.165, 1.54) is 24.3 Å². The normalized spacial score (nSPS) is 11.7. The fraction of sp³-hybridized carbons (Fsp3) is 0.448. The number of nitrogens with zero attached hydrogens (tertiary/aromatic N) is 3. The van der Waals surface area contributed by atoms with Crippen molar-refractivity contribution in [3.05, 3.63) is 59.7 Å². The van der Waals surface area contributed by atoms with Gasteiger partial charge in [0, 0.05) is 56.8 Å². The van der Waals surface area contributed by atoms with Crippen molar-refractivity contribution in [1.82, 2.24) is 14.9 Å². The molecule has 1 aromatic heterocycles. The highest BCUT2D eigenvalue weighted by Gasteiger charge is 2.24. The highest BCUT2D eigenvalue weighted by molar-refractivity contribution is 6.18. The van der Waals surface area contributed by atoms with Gasteiger partial charge in [-0.05, 0) is 48.7 Å². The Hall–Kier alpha value is -2.83. The number of carboxylic acids is 2.